The van der Waals surface area contributed by atoms with E-state index in [1.54, 1.807) is 25.3 Å². The number of amides is 1. The summed E-state index contributed by atoms with van der Waals surface area (Å²) in [6.07, 6.45) is 0. The van der Waals surface area contributed by atoms with E-state index in [2.05, 4.69) is 20.9 Å². The number of halogens is 1. The Hall–Kier alpha value is -2.34. The lowest BCUT2D eigenvalue weighted by molar-refractivity contribution is -0.143. The molecule has 0 aliphatic rings. The number of ether oxygens (including phenoxy) is 1. The first-order valence-electron chi connectivity index (χ1n) is 10.3. The topological polar surface area (TPSA) is 98.0 Å². The minimum atomic E-state index is -3.62. The van der Waals surface area contributed by atoms with Gasteiger partial charge < -0.3 is 9.30 Å². The summed E-state index contributed by atoms with van der Waals surface area (Å²) < 4.78 is 35.1. The van der Waals surface area contributed by atoms with Crippen molar-refractivity contribution in [2.24, 2.45) is 4.99 Å². The van der Waals surface area contributed by atoms with Crippen LogP contribution in [0.25, 0.3) is 10.2 Å². The molecule has 1 amide bonds. The van der Waals surface area contributed by atoms with Gasteiger partial charge in [-0.2, -0.15) is 9.30 Å². The van der Waals surface area contributed by atoms with Crippen molar-refractivity contribution in [1.82, 2.24) is 8.87 Å². The zero-order valence-corrected chi connectivity index (χ0v) is 21.7. The minimum Gasteiger partial charge on any atom is -0.465 e. The van der Waals surface area contributed by atoms with E-state index in [1.807, 2.05) is 18.2 Å². The number of carbonyl (C=O) groups excluding carboxylic acids is 2. The number of esters is 1. The summed E-state index contributed by atoms with van der Waals surface area (Å²) in [6, 6.07) is 11.3. The molecule has 0 aliphatic carbocycles. The molecular weight excluding hydrogens is 530 g/mol. The molecule has 11 heteroatoms. The number of sulfonamides is 1. The highest BCUT2D eigenvalue weighted by molar-refractivity contribution is 9.10. The maximum Gasteiger partial charge on any atom is 0.326 e. The number of nitrogens with zero attached hydrogens (tertiary/aromatic N) is 3. The van der Waals surface area contributed by atoms with Crippen LogP contribution < -0.4 is 4.80 Å². The van der Waals surface area contributed by atoms with Crippen molar-refractivity contribution in [3.63, 3.8) is 0 Å². The predicted molar refractivity (Wildman–Crippen MR) is 131 cm³/mol. The number of hydrogen-bond donors (Lipinski definition) is 0. The number of aromatic nitrogens is 1. The molecule has 2 aromatic carbocycles. The summed E-state index contributed by atoms with van der Waals surface area (Å²) in [5.41, 5.74) is 0.998. The predicted octanol–water partition coefficient (Wildman–Crippen LogP) is 3.80. The largest absolute Gasteiger partial charge is 0.465 e. The van der Waals surface area contributed by atoms with Crippen molar-refractivity contribution in [3.05, 3.63) is 57.3 Å². The van der Waals surface area contributed by atoms with Gasteiger partial charge in [-0.15, -0.1) is 0 Å². The molecule has 0 spiro atoms. The second-order valence-electron chi connectivity index (χ2n) is 6.92. The molecule has 33 heavy (non-hydrogen) atoms. The first-order valence-corrected chi connectivity index (χ1v) is 13.4. The van der Waals surface area contributed by atoms with Gasteiger partial charge >= 0.3 is 5.97 Å². The molecule has 0 fully saturated rings. The standard InChI is InChI=1S/C22H24BrN3O5S2/c1-4-25(5-2)33(29,30)17-10-7-15(8-11-17)21(28)24-22-26(14-20(27)31-6-3)18-12-9-16(23)13-19(18)32-22/h7-13H,4-6,14H2,1-3H3. The molecule has 0 atom stereocenters. The second kappa shape index (κ2) is 10.7. The number of hydrogen-bond acceptors (Lipinski definition) is 6. The van der Waals surface area contributed by atoms with Crippen LogP contribution in [-0.4, -0.2) is 48.9 Å². The van der Waals surface area contributed by atoms with E-state index in [9.17, 15) is 18.0 Å². The Labute approximate surface area is 204 Å². The summed E-state index contributed by atoms with van der Waals surface area (Å²) >= 11 is 4.70. The van der Waals surface area contributed by atoms with Gasteiger partial charge in [0.25, 0.3) is 5.91 Å². The third-order valence-electron chi connectivity index (χ3n) is 4.88. The summed E-state index contributed by atoms with van der Waals surface area (Å²) in [5, 5.41) is 0. The molecule has 3 rings (SSSR count). The van der Waals surface area contributed by atoms with Gasteiger partial charge in [0.05, 0.1) is 21.7 Å². The summed E-state index contributed by atoms with van der Waals surface area (Å²) in [4.78, 5) is 29.7. The third kappa shape index (κ3) is 5.60. The van der Waals surface area contributed by atoms with Crippen LogP contribution in [0.2, 0.25) is 0 Å². The first kappa shape index (κ1) is 25.3. The van der Waals surface area contributed by atoms with Crippen LogP contribution in [0.5, 0.6) is 0 Å². The molecule has 0 N–H and O–H groups in total. The Morgan fingerprint density at radius 1 is 1.09 bits per heavy atom. The highest BCUT2D eigenvalue weighted by Gasteiger charge is 2.22. The van der Waals surface area contributed by atoms with E-state index < -0.39 is 21.9 Å². The van der Waals surface area contributed by atoms with Gasteiger partial charge in [0.15, 0.2) is 4.80 Å². The molecule has 176 valence electrons. The SMILES string of the molecule is CCOC(=O)Cn1c(=NC(=O)c2ccc(S(=O)(=O)N(CC)CC)cc2)sc2cc(Br)ccc21. The second-order valence-corrected chi connectivity index (χ2v) is 10.8. The lowest BCUT2D eigenvalue weighted by atomic mass is 10.2. The summed E-state index contributed by atoms with van der Waals surface area (Å²) in [7, 11) is -3.62. The van der Waals surface area contributed by atoms with Crippen LogP contribution in [0, 0.1) is 0 Å². The Morgan fingerprint density at radius 2 is 1.76 bits per heavy atom. The quantitative estimate of drug-likeness (QED) is 0.395. The smallest absolute Gasteiger partial charge is 0.326 e. The molecule has 0 radical (unpaired) electrons. The molecule has 0 bridgehead atoms. The molecule has 8 nitrogen and oxygen atoms in total. The Kier molecular flexibility index (Phi) is 8.22. The first-order chi connectivity index (χ1) is 15.7. The van der Waals surface area contributed by atoms with Gasteiger partial charge in [-0.25, -0.2) is 8.42 Å². The van der Waals surface area contributed by atoms with E-state index in [-0.39, 0.29) is 23.6 Å². The molecule has 0 saturated heterocycles. The number of thiazole rings is 1. The maximum atomic E-state index is 12.9. The highest BCUT2D eigenvalue weighted by atomic mass is 79.9. The molecule has 0 aliphatic heterocycles. The zero-order valence-electron chi connectivity index (χ0n) is 18.4. The average molecular weight is 554 g/mol. The fourth-order valence-electron chi connectivity index (χ4n) is 3.25. The van der Waals surface area contributed by atoms with Crippen LogP contribution in [-0.2, 0) is 26.1 Å². The van der Waals surface area contributed by atoms with Gasteiger partial charge in [-0.1, -0.05) is 41.1 Å². The van der Waals surface area contributed by atoms with Gasteiger partial charge in [0, 0.05) is 23.1 Å². The fourth-order valence-corrected chi connectivity index (χ4v) is 6.29. The van der Waals surface area contributed by atoms with Crippen molar-refractivity contribution in [3.8, 4) is 0 Å². The molecule has 1 heterocycles. The number of benzene rings is 2. The van der Waals surface area contributed by atoms with Crippen LogP contribution in [0.15, 0.2) is 56.8 Å². The highest BCUT2D eigenvalue weighted by Crippen LogP contribution is 2.23. The molecular formula is C22H24BrN3O5S2. The van der Waals surface area contributed by atoms with Crippen molar-refractivity contribution >= 4 is 59.4 Å². The lowest BCUT2D eigenvalue weighted by Gasteiger charge is -2.18. The number of carbonyl (C=O) groups is 2. The van der Waals surface area contributed by atoms with E-state index in [4.69, 9.17) is 4.74 Å². The maximum absolute atomic E-state index is 12.9. The van der Waals surface area contributed by atoms with Crippen LogP contribution in [0.1, 0.15) is 31.1 Å². The van der Waals surface area contributed by atoms with E-state index >= 15 is 0 Å². The van der Waals surface area contributed by atoms with Gasteiger partial charge in [0.2, 0.25) is 10.0 Å². The summed E-state index contributed by atoms with van der Waals surface area (Å²) in [6.45, 7) is 6.16. The summed E-state index contributed by atoms with van der Waals surface area (Å²) in [5.74, 6) is -0.968. The molecule has 1 aromatic heterocycles. The zero-order chi connectivity index (χ0) is 24.2. The van der Waals surface area contributed by atoms with Gasteiger partial charge in [-0.05, 0) is 49.4 Å². The molecule has 3 aromatic rings. The monoisotopic (exact) mass is 553 g/mol. The fraction of sp³-hybridized carbons (Fsp3) is 0.318. The van der Waals surface area contributed by atoms with E-state index in [0.29, 0.717) is 17.9 Å². The average Bonchev–Trinajstić information content (AvgIpc) is 3.10. The van der Waals surface area contributed by atoms with Crippen molar-refractivity contribution in [2.75, 3.05) is 19.7 Å². The van der Waals surface area contributed by atoms with E-state index in [0.717, 1.165) is 14.7 Å². The normalized spacial score (nSPS) is 12.5. The minimum absolute atomic E-state index is 0.0807. The lowest BCUT2D eigenvalue weighted by Crippen LogP contribution is -2.30. The Morgan fingerprint density at radius 3 is 2.36 bits per heavy atom. The van der Waals surface area contributed by atoms with Crippen molar-refractivity contribution < 1.29 is 22.7 Å². The third-order valence-corrected chi connectivity index (χ3v) is 8.48. The van der Waals surface area contributed by atoms with Crippen LogP contribution in [0.3, 0.4) is 0 Å². The van der Waals surface area contributed by atoms with Crippen molar-refractivity contribution in [2.45, 2.75) is 32.2 Å². The van der Waals surface area contributed by atoms with Crippen LogP contribution in [0.4, 0.5) is 0 Å². The number of fused-ring (bicyclic) bond motifs is 1. The number of rotatable bonds is 8. The Bertz CT molecular complexity index is 1340. The Balaban J connectivity index is 2.00. The molecule has 0 saturated carbocycles. The molecule has 0 unspecified atom stereocenters. The van der Waals surface area contributed by atoms with Crippen molar-refractivity contribution in [1.29, 1.82) is 0 Å². The van der Waals surface area contributed by atoms with Gasteiger partial charge in [-0.3, -0.25) is 9.59 Å². The van der Waals surface area contributed by atoms with Crippen LogP contribution >= 0.6 is 27.3 Å². The van der Waals surface area contributed by atoms with Gasteiger partial charge in [0.1, 0.15) is 6.54 Å². The van der Waals surface area contributed by atoms with E-state index in [1.165, 1.54) is 39.9 Å².